The second kappa shape index (κ2) is 7.61. The lowest BCUT2D eigenvalue weighted by Gasteiger charge is -2.28. The molecule has 2 aromatic rings. The maximum absolute atomic E-state index is 13.1. The molecule has 0 unspecified atom stereocenters. The first-order valence-corrected chi connectivity index (χ1v) is 11.8. The number of esters is 1. The number of benzene rings is 2. The van der Waals surface area contributed by atoms with Gasteiger partial charge in [0.05, 0.1) is 23.1 Å². The second-order valence-corrected chi connectivity index (χ2v) is 10.2. The van der Waals surface area contributed by atoms with Gasteiger partial charge in [-0.2, -0.15) is 0 Å². The Morgan fingerprint density at radius 1 is 0.900 bits per heavy atom. The number of alkyl halides is 2. The quantitative estimate of drug-likeness (QED) is 0.334. The van der Waals surface area contributed by atoms with Gasteiger partial charge in [0, 0.05) is 9.65 Å². The van der Waals surface area contributed by atoms with E-state index in [0.29, 0.717) is 11.3 Å². The molecule has 1 heterocycles. The van der Waals surface area contributed by atoms with E-state index < -0.39 is 5.97 Å². The van der Waals surface area contributed by atoms with E-state index >= 15 is 0 Å². The van der Waals surface area contributed by atoms with Gasteiger partial charge < -0.3 is 4.74 Å². The highest BCUT2D eigenvalue weighted by Gasteiger charge is 2.66. The number of carbonyl (C=O) groups is 3. The van der Waals surface area contributed by atoms with Gasteiger partial charge in [-0.3, -0.25) is 14.5 Å². The monoisotopic (exact) mass is 531 g/mol. The number of fused-ring (bicyclic) bond motifs is 5. The highest BCUT2D eigenvalue weighted by molar-refractivity contribution is 9.12. The van der Waals surface area contributed by atoms with Gasteiger partial charge in [0.15, 0.2) is 0 Å². The zero-order valence-corrected chi connectivity index (χ0v) is 19.1. The van der Waals surface area contributed by atoms with Crippen LogP contribution in [0.15, 0.2) is 54.6 Å². The van der Waals surface area contributed by atoms with Crippen LogP contribution in [0.2, 0.25) is 0 Å². The van der Waals surface area contributed by atoms with Gasteiger partial charge in [0.25, 0.3) is 0 Å². The second-order valence-electron chi connectivity index (χ2n) is 8.12. The fourth-order valence-corrected chi connectivity index (χ4v) is 7.03. The molecule has 2 aliphatic carbocycles. The summed E-state index contributed by atoms with van der Waals surface area (Å²) in [5, 5.41) is 0. The largest absolute Gasteiger partial charge is 0.457 e. The Labute approximate surface area is 191 Å². The van der Waals surface area contributed by atoms with E-state index in [2.05, 4.69) is 31.9 Å². The molecule has 7 heteroatoms. The third-order valence-corrected chi connectivity index (χ3v) is 9.77. The van der Waals surface area contributed by atoms with Crippen LogP contribution in [0.4, 0.5) is 5.69 Å². The van der Waals surface area contributed by atoms with Gasteiger partial charge in [0.1, 0.15) is 6.61 Å². The van der Waals surface area contributed by atoms with Crippen molar-refractivity contribution in [3.05, 3.63) is 65.7 Å². The molecule has 2 amide bonds. The van der Waals surface area contributed by atoms with Gasteiger partial charge in [0.2, 0.25) is 11.8 Å². The molecule has 0 radical (unpaired) electrons. The average molecular weight is 533 g/mol. The number of halogens is 2. The van der Waals surface area contributed by atoms with Crippen molar-refractivity contribution in [2.45, 2.75) is 22.7 Å². The smallest absolute Gasteiger partial charge is 0.338 e. The predicted octanol–water partition coefficient (Wildman–Crippen LogP) is 4.33. The first kappa shape index (κ1) is 19.9. The van der Waals surface area contributed by atoms with Gasteiger partial charge in [-0.15, -0.1) is 0 Å². The standard InChI is InChI=1S/C23H19Br2NO4/c24-19-15-10-16(20(19)25)18-17(15)21(27)26(22(18)28)14-8-6-13(7-9-14)23(29)30-11-12-4-2-1-3-5-12/h1-9,15-20H,10-11H2/t15-,16+,17-,18-,19-,20+/m0/s1. The molecule has 0 aromatic heterocycles. The molecule has 2 aromatic carbocycles. The summed E-state index contributed by atoms with van der Waals surface area (Å²) >= 11 is 7.39. The van der Waals surface area contributed by atoms with Crippen LogP contribution in [0.3, 0.4) is 0 Å². The van der Waals surface area contributed by atoms with Gasteiger partial charge in [-0.25, -0.2) is 4.79 Å². The summed E-state index contributed by atoms with van der Waals surface area (Å²) in [4.78, 5) is 40.2. The summed E-state index contributed by atoms with van der Waals surface area (Å²) in [6, 6.07) is 16.0. The van der Waals surface area contributed by atoms with Crippen molar-refractivity contribution in [3.8, 4) is 0 Å². The van der Waals surface area contributed by atoms with Crippen molar-refractivity contribution in [3.63, 3.8) is 0 Å². The van der Waals surface area contributed by atoms with Crippen molar-refractivity contribution >= 4 is 55.3 Å². The lowest BCUT2D eigenvalue weighted by Crippen LogP contribution is -2.37. The number of imide groups is 1. The number of hydrogen-bond acceptors (Lipinski definition) is 4. The van der Waals surface area contributed by atoms with E-state index in [0.717, 1.165) is 12.0 Å². The molecule has 3 fully saturated rings. The molecule has 5 rings (SSSR count). The van der Waals surface area contributed by atoms with Crippen LogP contribution in [-0.2, 0) is 20.9 Å². The van der Waals surface area contributed by atoms with Crippen molar-refractivity contribution in [2.75, 3.05) is 4.90 Å². The number of rotatable bonds is 4. The van der Waals surface area contributed by atoms with Crippen LogP contribution in [0.1, 0.15) is 22.3 Å². The number of anilines is 1. The number of carbonyl (C=O) groups excluding carboxylic acids is 3. The Bertz CT molecular complexity index is 978. The maximum atomic E-state index is 13.1. The highest BCUT2D eigenvalue weighted by atomic mass is 79.9. The predicted molar refractivity (Wildman–Crippen MR) is 119 cm³/mol. The fourth-order valence-electron chi connectivity index (χ4n) is 5.16. The van der Waals surface area contributed by atoms with E-state index in [1.807, 2.05) is 30.3 Å². The molecule has 1 saturated heterocycles. The topological polar surface area (TPSA) is 63.7 Å². The van der Waals surface area contributed by atoms with E-state index in [9.17, 15) is 14.4 Å². The Morgan fingerprint density at radius 3 is 2.03 bits per heavy atom. The lowest BCUT2D eigenvalue weighted by molar-refractivity contribution is -0.123. The zero-order valence-electron chi connectivity index (χ0n) is 15.9. The summed E-state index contributed by atoms with van der Waals surface area (Å²) in [5.41, 5.74) is 1.80. The molecule has 0 spiro atoms. The van der Waals surface area contributed by atoms with Crippen molar-refractivity contribution in [1.82, 2.24) is 0 Å². The average Bonchev–Trinajstić information content (AvgIpc) is 3.38. The third-order valence-electron chi connectivity index (χ3n) is 6.56. The van der Waals surface area contributed by atoms with Gasteiger partial charge in [-0.1, -0.05) is 62.2 Å². The molecule has 0 N–H and O–H groups in total. The Balaban J connectivity index is 1.31. The molecule has 2 bridgehead atoms. The van der Waals surface area contributed by atoms with E-state index in [1.54, 1.807) is 24.3 Å². The number of ether oxygens (including phenoxy) is 1. The van der Waals surface area contributed by atoms with E-state index in [-0.39, 0.29) is 51.7 Å². The van der Waals surface area contributed by atoms with Crippen LogP contribution in [0.5, 0.6) is 0 Å². The van der Waals surface area contributed by atoms with Crippen LogP contribution in [-0.4, -0.2) is 27.4 Å². The highest BCUT2D eigenvalue weighted by Crippen LogP contribution is 2.60. The summed E-state index contributed by atoms with van der Waals surface area (Å²) in [6.45, 7) is 0.193. The molecule has 1 aliphatic heterocycles. The Kier molecular flexibility index (Phi) is 5.06. The maximum Gasteiger partial charge on any atom is 0.338 e. The fraction of sp³-hybridized carbons (Fsp3) is 0.348. The SMILES string of the molecule is O=C(OCc1ccccc1)c1ccc(N2C(=O)[C@H]3[C@@H]4C[C@@H]([C@@H](Br)[C@H]4Br)[C@@H]3C2=O)cc1. The molecule has 3 aliphatic rings. The van der Waals surface area contributed by atoms with E-state index in [4.69, 9.17) is 4.74 Å². The number of nitrogens with zero attached hydrogens (tertiary/aromatic N) is 1. The van der Waals surface area contributed by atoms with E-state index in [1.165, 1.54) is 4.90 Å². The first-order chi connectivity index (χ1) is 14.5. The van der Waals surface area contributed by atoms with Crippen molar-refractivity contribution in [1.29, 1.82) is 0 Å². The minimum Gasteiger partial charge on any atom is -0.457 e. The molecular weight excluding hydrogens is 514 g/mol. The minimum atomic E-state index is -0.441. The Hall–Kier alpha value is -1.99. The van der Waals surface area contributed by atoms with Crippen LogP contribution in [0, 0.1) is 23.7 Å². The van der Waals surface area contributed by atoms with Gasteiger partial charge in [-0.05, 0) is 48.1 Å². The van der Waals surface area contributed by atoms with Crippen LogP contribution < -0.4 is 4.90 Å². The third kappa shape index (κ3) is 3.05. The minimum absolute atomic E-state index is 0.124. The van der Waals surface area contributed by atoms with Crippen LogP contribution >= 0.6 is 31.9 Å². The molecule has 154 valence electrons. The summed E-state index contributed by atoms with van der Waals surface area (Å²) in [7, 11) is 0. The zero-order chi connectivity index (χ0) is 21.0. The molecule has 30 heavy (non-hydrogen) atoms. The van der Waals surface area contributed by atoms with Crippen LogP contribution in [0.25, 0.3) is 0 Å². The molecule has 2 saturated carbocycles. The summed E-state index contributed by atoms with van der Waals surface area (Å²) in [5.74, 6) is -0.839. The molecule has 5 nitrogen and oxygen atoms in total. The number of hydrogen-bond donors (Lipinski definition) is 0. The van der Waals surface area contributed by atoms with Crippen molar-refractivity contribution < 1.29 is 19.1 Å². The van der Waals surface area contributed by atoms with Gasteiger partial charge >= 0.3 is 5.97 Å². The lowest BCUT2D eigenvalue weighted by atomic mass is 9.81. The normalized spacial score (nSPS) is 31.9. The number of amides is 2. The van der Waals surface area contributed by atoms with Crippen molar-refractivity contribution in [2.24, 2.45) is 23.7 Å². The first-order valence-electron chi connectivity index (χ1n) is 9.94. The summed E-state index contributed by atoms with van der Waals surface area (Å²) in [6.07, 6.45) is 0.901. The summed E-state index contributed by atoms with van der Waals surface area (Å²) < 4.78 is 5.35. The molecule has 6 atom stereocenters. The Morgan fingerprint density at radius 2 is 1.47 bits per heavy atom. The molecular formula is C23H19Br2NO4.